The lowest BCUT2D eigenvalue weighted by Gasteiger charge is -2.32. The van der Waals surface area contributed by atoms with Crippen LogP contribution in [0.3, 0.4) is 0 Å². The maximum atomic E-state index is 12.4. The molecule has 26 heavy (non-hydrogen) atoms. The highest BCUT2D eigenvalue weighted by Gasteiger charge is 2.37. The molecular weight excluding hydrogens is 328 g/mol. The van der Waals surface area contributed by atoms with Gasteiger partial charge in [0.2, 0.25) is 0 Å². The molecule has 0 aliphatic heterocycles. The molecule has 0 unspecified atom stereocenters. The highest BCUT2D eigenvalue weighted by Crippen LogP contribution is 2.40. The summed E-state index contributed by atoms with van der Waals surface area (Å²) in [6, 6.07) is 15.5. The van der Waals surface area contributed by atoms with Gasteiger partial charge < -0.3 is 9.47 Å². The van der Waals surface area contributed by atoms with Crippen LogP contribution >= 0.6 is 0 Å². The van der Waals surface area contributed by atoms with Gasteiger partial charge in [-0.2, -0.15) is 0 Å². The van der Waals surface area contributed by atoms with E-state index >= 15 is 0 Å². The standard InChI is InChI=1S/C22H20O4/c1-15(2)21(24)25-14-20(23)26-22(3)18-10-6-4-8-16(18)12-13-17-9-5-7-11-19(17)22/h4-13H,1,14H2,2-3H3. The summed E-state index contributed by atoms with van der Waals surface area (Å²) in [7, 11) is 0. The lowest BCUT2D eigenvalue weighted by molar-refractivity contribution is -0.165. The van der Waals surface area contributed by atoms with Crippen LogP contribution in [0.4, 0.5) is 0 Å². The summed E-state index contributed by atoms with van der Waals surface area (Å²) in [4.78, 5) is 24.0. The smallest absolute Gasteiger partial charge is 0.345 e. The number of esters is 2. The first kappa shape index (κ1) is 17.7. The van der Waals surface area contributed by atoms with Gasteiger partial charge in [0.05, 0.1) is 0 Å². The molecule has 1 aliphatic carbocycles. The topological polar surface area (TPSA) is 52.6 Å². The van der Waals surface area contributed by atoms with Crippen molar-refractivity contribution in [2.75, 3.05) is 6.61 Å². The number of hydrogen-bond acceptors (Lipinski definition) is 4. The molecule has 0 saturated carbocycles. The molecule has 0 heterocycles. The van der Waals surface area contributed by atoms with Crippen LogP contribution < -0.4 is 0 Å². The van der Waals surface area contributed by atoms with Crippen molar-refractivity contribution in [2.24, 2.45) is 0 Å². The van der Waals surface area contributed by atoms with E-state index < -0.39 is 24.1 Å². The van der Waals surface area contributed by atoms with Crippen molar-refractivity contribution in [3.63, 3.8) is 0 Å². The summed E-state index contributed by atoms with van der Waals surface area (Å²) in [5.74, 6) is -1.23. The summed E-state index contributed by atoms with van der Waals surface area (Å²) in [6.45, 7) is 6.42. The summed E-state index contributed by atoms with van der Waals surface area (Å²) in [6.07, 6.45) is 4.02. The molecule has 2 aromatic carbocycles. The first-order valence-corrected chi connectivity index (χ1v) is 8.33. The van der Waals surface area contributed by atoms with Crippen LogP contribution in [0.1, 0.15) is 36.1 Å². The van der Waals surface area contributed by atoms with Crippen molar-refractivity contribution in [2.45, 2.75) is 19.4 Å². The van der Waals surface area contributed by atoms with E-state index in [1.54, 1.807) is 0 Å². The Hall–Kier alpha value is -3.14. The van der Waals surface area contributed by atoms with E-state index in [0.717, 1.165) is 22.3 Å². The minimum Gasteiger partial charge on any atom is -0.450 e. The van der Waals surface area contributed by atoms with Crippen LogP contribution in [0.5, 0.6) is 0 Å². The predicted octanol–water partition coefficient (Wildman–Crippen LogP) is 4.10. The fourth-order valence-electron chi connectivity index (χ4n) is 3.09. The number of benzene rings is 2. The molecule has 4 heteroatoms. The monoisotopic (exact) mass is 348 g/mol. The molecule has 2 aromatic rings. The number of carbonyl (C=O) groups is 2. The van der Waals surface area contributed by atoms with Gasteiger partial charge in [-0.15, -0.1) is 0 Å². The Morgan fingerprint density at radius 3 is 1.96 bits per heavy atom. The van der Waals surface area contributed by atoms with Crippen LogP contribution in [-0.4, -0.2) is 18.5 Å². The fraction of sp³-hybridized carbons (Fsp3) is 0.182. The Morgan fingerprint density at radius 2 is 1.46 bits per heavy atom. The zero-order valence-corrected chi connectivity index (χ0v) is 14.8. The van der Waals surface area contributed by atoms with Crippen LogP contribution in [0.2, 0.25) is 0 Å². The quantitative estimate of drug-likeness (QED) is 0.617. The van der Waals surface area contributed by atoms with E-state index in [9.17, 15) is 9.59 Å². The molecule has 3 rings (SSSR count). The molecule has 0 radical (unpaired) electrons. The van der Waals surface area contributed by atoms with E-state index in [1.165, 1.54) is 6.92 Å². The minimum atomic E-state index is -0.997. The second-order valence-electron chi connectivity index (χ2n) is 6.37. The van der Waals surface area contributed by atoms with Gasteiger partial charge in [0, 0.05) is 16.7 Å². The number of hydrogen-bond donors (Lipinski definition) is 0. The zero-order chi connectivity index (χ0) is 18.7. The molecule has 132 valence electrons. The van der Waals surface area contributed by atoms with Gasteiger partial charge in [-0.3, -0.25) is 0 Å². The molecule has 0 aromatic heterocycles. The second-order valence-corrected chi connectivity index (χ2v) is 6.37. The predicted molar refractivity (Wildman–Crippen MR) is 100 cm³/mol. The molecule has 0 bridgehead atoms. The maximum absolute atomic E-state index is 12.4. The van der Waals surface area contributed by atoms with Crippen molar-refractivity contribution < 1.29 is 19.1 Å². The van der Waals surface area contributed by atoms with E-state index in [0.29, 0.717) is 0 Å². The Labute approximate surface area is 152 Å². The average molecular weight is 348 g/mol. The van der Waals surface area contributed by atoms with Crippen LogP contribution in [0, 0.1) is 0 Å². The van der Waals surface area contributed by atoms with Crippen LogP contribution in [0.25, 0.3) is 12.2 Å². The molecular formula is C22H20O4. The highest BCUT2D eigenvalue weighted by atomic mass is 16.6. The Morgan fingerprint density at radius 1 is 0.962 bits per heavy atom. The van der Waals surface area contributed by atoms with Gasteiger partial charge in [0.25, 0.3) is 0 Å². The van der Waals surface area contributed by atoms with Crippen molar-refractivity contribution in [1.29, 1.82) is 0 Å². The Bertz CT molecular complexity index is 858. The van der Waals surface area contributed by atoms with E-state index in [1.807, 2.05) is 67.6 Å². The third-order valence-electron chi connectivity index (χ3n) is 4.38. The van der Waals surface area contributed by atoms with Crippen molar-refractivity contribution in [3.8, 4) is 0 Å². The molecule has 0 atom stereocenters. The van der Waals surface area contributed by atoms with Gasteiger partial charge in [0.1, 0.15) is 0 Å². The second kappa shape index (κ2) is 7.00. The molecule has 0 spiro atoms. The van der Waals surface area contributed by atoms with Crippen molar-refractivity contribution in [3.05, 3.63) is 82.9 Å². The molecule has 1 aliphatic rings. The summed E-state index contributed by atoms with van der Waals surface area (Å²) >= 11 is 0. The van der Waals surface area contributed by atoms with Gasteiger partial charge in [-0.05, 0) is 25.0 Å². The third kappa shape index (κ3) is 3.31. The minimum absolute atomic E-state index is 0.235. The lowest BCUT2D eigenvalue weighted by Crippen LogP contribution is -2.33. The van der Waals surface area contributed by atoms with Gasteiger partial charge >= 0.3 is 11.9 Å². The fourth-order valence-corrected chi connectivity index (χ4v) is 3.09. The zero-order valence-electron chi connectivity index (χ0n) is 14.8. The summed E-state index contributed by atoms with van der Waals surface area (Å²) in [5.41, 5.74) is 2.93. The number of fused-ring (bicyclic) bond motifs is 2. The molecule has 0 N–H and O–H groups in total. The van der Waals surface area contributed by atoms with Crippen molar-refractivity contribution >= 4 is 24.1 Å². The van der Waals surface area contributed by atoms with Gasteiger partial charge in [0.15, 0.2) is 12.2 Å². The molecule has 4 nitrogen and oxygen atoms in total. The summed E-state index contributed by atoms with van der Waals surface area (Å²) < 4.78 is 10.8. The SMILES string of the molecule is C=C(C)C(=O)OCC(=O)OC1(C)c2ccccc2C=Cc2ccccc21. The number of ether oxygens (including phenoxy) is 2. The van der Waals surface area contributed by atoms with E-state index in [2.05, 4.69) is 6.58 Å². The summed E-state index contributed by atoms with van der Waals surface area (Å²) in [5, 5.41) is 0. The van der Waals surface area contributed by atoms with E-state index in [-0.39, 0.29) is 5.57 Å². The lowest BCUT2D eigenvalue weighted by atomic mass is 9.84. The molecule has 0 amide bonds. The first-order valence-electron chi connectivity index (χ1n) is 8.33. The van der Waals surface area contributed by atoms with E-state index in [4.69, 9.17) is 9.47 Å². The largest absolute Gasteiger partial charge is 0.450 e. The molecule has 0 saturated heterocycles. The van der Waals surface area contributed by atoms with Gasteiger partial charge in [-0.1, -0.05) is 67.3 Å². The maximum Gasteiger partial charge on any atom is 0.345 e. The molecule has 0 fully saturated rings. The first-order chi connectivity index (χ1) is 12.4. The Balaban J connectivity index is 1.96. The third-order valence-corrected chi connectivity index (χ3v) is 4.38. The Kier molecular flexibility index (Phi) is 4.76. The van der Waals surface area contributed by atoms with Crippen molar-refractivity contribution in [1.82, 2.24) is 0 Å². The van der Waals surface area contributed by atoms with Crippen LogP contribution in [-0.2, 0) is 24.7 Å². The van der Waals surface area contributed by atoms with Crippen LogP contribution in [0.15, 0.2) is 60.7 Å². The number of carbonyl (C=O) groups excluding carboxylic acids is 2. The average Bonchev–Trinajstić information content (AvgIpc) is 2.75. The normalized spacial score (nSPS) is 13.8. The van der Waals surface area contributed by atoms with Gasteiger partial charge in [-0.25, -0.2) is 9.59 Å². The highest BCUT2D eigenvalue weighted by molar-refractivity contribution is 5.88. The number of rotatable bonds is 4.